The molecule has 1 heterocycles. The highest BCUT2D eigenvalue weighted by molar-refractivity contribution is 6.30. The summed E-state index contributed by atoms with van der Waals surface area (Å²) in [5, 5.41) is 0.548. The minimum Gasteiger partial charge on any atom is -0.236 e. The molecule has 0 N–H and O–H groups in total. The molecule has 0 saturated heterocycles. The minimum absolute atomic E-state index is 0.548. The zero-order valence-corrected chi connectivity index (χ0v) is 9.20. The Hall–Kier alpha value is -1.41. The highest BCUT2D eigenvalue weighted by Crippen LogP contribution is 2.19. The maximum absolute atomic E-state index is 6.03. The lowest BCUT2D eigenvalue weighted by Gasteiger charge is -2.03. The Balaban J connectivity index is 2.43. The van der Waals surface area contributed by atoms with Gasteiger partial charge in [-0.05, 0) is 6.42 Å². The fourth-order valence-corrected chi connectivity index (χ4v) is 1.61. The van der Waals surface area contributed by atoms with Crippen molar-refractivity contribution in [2.75, 3.05) is 0 Å². The van der Waals surface area contributed by atoms with Gasteiger partial charge < -0.3 is 0 Å². The van der Waals surface area contributed by atoms with Crippen LogP contribution in [0.4, 0.5) is 0 Å². The molecule has 0 aliphatic carbocycles. The maximum Gasteiger partial charge on any atom is 0.160 e. The molecule has 0 aliphatic rings. The monoisotopic (exact) mass is 218 g/mol. The van der Waals surface area contributed by atoms with Gasteiger partial charge in [0, 0.05) is 17.3 Å². The number of halogens is 1. The van der Waals surface area contributed by atoms with E-state index in [0.717, 1.165) is 17.5 Å². The normalized spacial score (nSPS) is 10.3. The van der Waals surface area contributed by atoms with Crippen molar-refractivity contribution < 1.29 is 0 Å². The summed E-state index contributed by atoms with van der Waals surface area (Å²) in [4.78, 5) is 8.55. The van der Waals surface area contributed by atoms with Gasteiger partial charge in [-0.1, -0.05) is 48.9 Å². The van der Waals surface area contributed by atoms with Gasteiger partial charge in [0.2, 0.25) is 0 Å². The van der Waals surface area contributed by atoms with E-state index in [1.807, 2.05) is 37.3 Å². The molecule has 0 bridgehead atoms. The molecule has 2 nitrogen and oxygen atoms in total. The van der Waals surface area contributed by atoms with Crippen LogP contribution >= 0.6 is 11.6 Å². The summed E-state index contributed by atoms with van der Waals surface area (Å²) in [5.41, 5.74) is 1.97. The highest BCUT2D eigenvalue weighted by Gasteiger charge is 2.04. The molecule has 15 heavy (non-hydrogen) atoms. The van der Waals surface area contributed by atoms with Gasteiger partial charge in [-0.15, -0.1) is 0 Å². The second-order valence-electron chi connectivity index (χ2n) is 3.23. The van der Waals surface area contributed by atoms with Gasteiger partial charge in [-0.3, -0.25) is 0 Å². The van der Waals surface area contributed by atoms with Gasteiger partial charge in [0.1, 0.15) is 5.15 Å². The van der Waals surface area contributed by atoms with Crippen LogP contribution in [0.15, 0.2) is 36.5 Å². The molecule has 0 atom stereocenters. The Morgan fingerprint density at radius 1 is 1.20 bits per heavy atom. The largest absolute Gasteiger partial charge is 0.236 e. The van der Waals surface area contributed by atoms with E-state index in [4.69, 9.17) is 11.6 Å². The second kappa shape index (κ2) is 4.41. The van der Waals surface area contributed by atoms with E-state index in [2.05, 4.69) is 9.97 Å². The number of hydrogen-bond acceptors (Lipinski definition) is 2. The van der Waals surface area contributed by atoms with Gasteiger partial charge in [-0.25, -0.2) is 9.97 Å². The molecule has 3 heteroatoms. The number of benzene rings is 1. The predicted molar refractivity (Wildman–Crippen MR) is 61.9 cm³/mol. The van der Waals surface area contributed by atoms with Crippen LogP contribution in [-0.2, 0) is 6.42 Å². The van der Waals surface area contributed by atoms with Crippen LogP contribution in [0.25, 0.3) is 11.4 Å². The molecule has 2 aromatic rings. The fraction of sp³-hybridized carbons (Fsp3) is 0.167. The van der Waals surface area contributed by atoms with E-state index < -0.39 is 0 Å². The number of hydrogen-bond donors (Lipinski definition) is 0. The Morgan fingerprint density at radius 2 is 1.93 bits per heavy atom. The van der Waals surface area contributed by atoms with Gasteiger partial charge >= 0.3 is 0 Å². The molecule has 0 radical (unpaired) electrons. The van der Waals surface area contributed by atoms with Crippen LogP contribution in [-0.4, -0.2) is 9.97 Å². The van der Waals surface area contributed by atoms with Crippen molar-refractivity contribution in [2.45, 2.75) is 13.3 Å². The quantitative estimate of drug-likeness (QED) is 0.723. The van der Waals surface area contributed by atoms with Crippen molar-refractivity contribution in [3.63, 3.8) is 0 Å². The second-order valence-corrected chi connectivity index (χ2v) is 3.59. The molecular formula is C12H11ClN2. The van der Waals surface area contributed by atoms with Crippen LogP contribution < -0.4 is 0 Å². The number of nitrogens with zero attached hydrogens (tertiary/aromatic N) is 2. The predicted octanol–water partition coefficient (Wildman–Crippen LogP) is 3.36. The van der Waals surface area contributed by atoms with Crippen LogP contribution in [0.5, 0.6) is 0 Å². The molecule has 0 saturated carbocycles. The molecule has 1 aromatic heterocycles. The van der Waals surface area contributed by atoms with Gasteiger partial charge in [0.25, 0.3) is 0 Å². The van der Waals surface area contributed by atoms with Crippen LogP contribution in [0, 0.1) is 0 Å². The topological polar surface area (TPSA) is 25.8 Å². The molecule has 76 valence electrons. The fourth-order valence-electron chi connectivity index (χ4n) is 1.35. The first-order valence-corrected chi connectivity index (χ1v) is 5.26. The average Bonchev–Trinajstić information content (AvgIpc) is 2.30. The third-order valence-electron chi connectivity index (χ3n) is 2.22. The summed E-state index contributed by atoms with van der Waals surface area (Å²) >= 11 is 6.03. The smallest absolute Gasteiger partial charge is 0.160 e. The lowest BCUT2D eigenvalue weighted by Crippen LogP contribution is -1.93. The van der Waals surface area contributed by atoms with Crippen molar-refractivity contribution in [1.29, 1.82) is 0 Å². The van der Waals surface area contributed by atoms with E-state index in [1.54, 1.807) is 6.20 Å². The standard InChI is InChI=1S/C12H11ClN2/c1-2-9-8-14-12(15-11(9)13)10-6-4-3-5-7-10/h3-8H,2H2,1H3. The molecule has 2 rings (SSSR count). The maximum atomic E-state index is 6.03. The third-order valence-corrected chi connectivity index (χ3v) is 2.55. The summed E-state index contributed by atoms with van der Waals surface area (Å²) in [7, 11) is 0. The minimum atomic E-state index is 0.548. The Kier molecular flexibility index (Phi) is 2.97. The first-order valence-electron chi connectivity index (χ1n) is 4.88. The van der Waals surface area contributed by atoms with E-state index in [-0.39, 0.29) is 0 Å². The first kappa shape index (κ1) is 10.1. The Morgan fingerprint density at radius 3 is 2.53 bits per heavy atom. The van der Waals surface area contributed by atoms with Crippen LogP contribution in [0.3, 0.4) is 0 Å². The van der Waals surface area contributed by atoms with Gasteiger partial charge in [0.05, 0.1) is 0 Å². The number of rotatable bonds is 2. The molecule has 0 fully saturated rings. The summed E-state index contributed by atoms with van der Waals surface area (Å²) < 4.78 is 0. The molecule has 0 amide bonds. The Bertz CT molecular complexity index is 454. The van der Waals surface area contributed by atoms with Crippen molar-refractivity contribution in [3.8, 4) is 11.4 Å². The first-order chi connectivity index (χ1) is 7.31. The van der Waals surface area contributed by atoms with Gasteiger partial charge in [-0.2, -0.15) is 0 Å². The van der Waals surface area contributed by atoms with E-state index in [0.29, 0.717) is 11.0 Å². The molecule has 0 aliphatic heterocycles. The van der Waals surface area contributed by atoms with Crippen molar-refractivity contribution in [1.82, 2.24) is 9.97 Å². The summed E-state index contributed by atoms with van der Waals surface area (Å²) in [6.45, 7) is 2.03. The summed E-state index contributed by atoms with van der Waals surface area (Å²) in [5.74, 6) is 0.679. The van der Waals surface area contributed by atoms with E-state index in [1.165, 1.54) is 0 Å². The molecule has 1 aromatic carbocycles. The lowest BCUT2D eigenvalue weighted by atomic mass is 10.2. The average molecular weight is 219 g/mol. The zero-order chi connectivity index (χ0) is 10.7. The van der Waals surface area contributed by atoms with Crippen LogP contribution in [0.2, 0.25) is 5.15 Å². The third kappa shape index (κ3) is 2.16. The summed E-state index contributed by atoms with van der Waals surface area (Å²) in [6.07, 6.45) is 2.64. The highest BCUT2D eigenvalue weighted by atomic mass is 35.5. The zero-order valence-electron chi connectivity index (χ0n) is 8.44. The lowest BCUT2D eigenvalue weighted by molar-refractivity contribution is 1.05. The number of aromatic nitrogens is 2. The SMILES string of the molecule is CCc1cnc(-c2ccccc2)nc1Cl. The van der Waals surface area contributed by atoms with Crippen molar-refractivity contribution >= 4 is 11.6 Å². The molecular weight excluding hydrogens is 208 g/mol. The van der Waals surface area contributed by atoms with E-state index >= 15 is 0 Å². The Labute approximate surface area is 94.0 Å². The summed E-state index contributed by atoms with van der Waals surface area (Å²) in [6, 6.07) is 9.82. The molecule has 0 spiro atoms. The van der Waals surface area contributed by atoms with Crippen LogP contribution in [0.1, 0.15) is 12.5 Å². The van der Waals surface area contributed by atoms with E-state index in [9.17, 15) is 0 Å². The van der Waals surface area contributed by atoms with Crippen molar-refractivity contribution in [3.05, 3.63) is 47.2 Å². The van der Waals surface area contributed by atoms with Gasteiger partial charge in [0.15, 0.2) is 5.82 Å². The van der Waals surface area contributed by atoms with Crippen molar-refractivity contribution in [2.24, 2.45) is 0 Å². The number of aryl methyl sites for hydroxylation is 1. The molecule has 0 unspecified atom stereocenters.